The number of carbonyl (C=O) groups is 2. The Morgan fingerprint density at radius 1 is 1.04 bits per heavy atom. The zero-order valence-corrected chi connectivity index (χ0v) is 15.0. The minimum absolute atomic E-state index is 0.0387. The lowest BCUT2D eigenvalue weighted by atomic mass is 10.1. The summed E-state index contributed by atoms with van der Waals surface area (Å²) in [4.78, 5) is 28.5. The van der Waals surface area contributed by atoms with Gasteiger partial charge in [-0.1, -0.05) is 25.5 Å². The van der Waals surface area contributed by atoms with E-state index < -0.39 is 0 Å². The van der Waals surface area contributed by atoms with Gasteiger partial charge in [-0.25, -0.2) is 4.79 Å². The van der Waals surface area contributed by atoms with Crippen LogP contribution in [0.5, 0.6) is 0 Å². The number of hydrogen-bond acceptors (Lipinski definition) is 2. The Balaban J connectivity index is 1.95. The Bertz CT molecular complexity index is 554. The van der Waals surface area contributed by atoms with E-state index in [1.807, 2.05) is 43.0 Å². The fraction of sp³-hybridized carbons (Fsp3) is 0.579. The summed E-state index contributed by atoms with van der Waals surface area (Å²) in [6, 6.07) is 8.00. The van der Waals surface area contributed by atoms with Gasteiger partial charge in [-0.15, -0.1) is 0 Å². The largest absolute Gasteiger partial charge is 0.337 e. The summed E-state index contributed by atoms with van der Waals surface area (Å²) in [6.07, 6.45) is 2.96. The molecule has 5 nitrogen and oxygen atoms in total. The van der Waals surface area contributed by atoms with Gasteiger partial charge in [-0.05, 0) is 44.4 Å². The van der Waals surface area contributed by atoms with Gasteiger partial charge in [0, 0.05) is 37.8 Å². The summed E-state index contributed by atoms with van der Waals surface area (Å²) < 4.78 is 0. The van der Waals surface area contributed by atoms with Crippen LogP contribution in [0.2, 0.25) is 0 Å². The first-order valence-corrected chi connectivity index (χ1v) is 8.95. The molecule has 1 fully saturated rings. The van der Waals surface area contributed by atoms with Crippen LogP contribution in [-0.2, 0) is 6.42 Å². The van der Waals surface area contributed by atoms with Crippen molar-refractivity contribution < 1.29 is 9.59 Å². The van der Waals surface area contributed by atoms with Crippen LogP contribution < -0.4 is 5.32 Å². The smallest absolute Gasteiger partial charge is 0.317 e. The van der Waals surface area contributed by atoms with Crippen LogP contribution in [0.1, 0.15) is 49.5 Å². The van der Waals surface area contributed by atoms with Crippen molar-refractivity contribution in [3.05, 3.63) is 35.4 Å². The number of benzene rings is 1. The van der Waals surface area contributed by atoms with Gasteiger partial charge in [0.1, 0.15) is 0 Å². The summed E-state index contributed by atoms with van der Waals surface area (Å²) >= 11 is 0. The van der Waals surface area contributed by atoms with Crippen molar-refractivity contribution >= 4 is 11.9 Å². The van der Waals surface area contributed by atoms with Gasteiger partial charge in [0.15, 0.2) is 0 Å². The van der Waals surface area contributed by atoms with Crippen LogP contribution in [0.25, 0.3) is 0 Å². The predicted octanol–water partition coefficient (Wildman–Crippen LogP) is 2.91. The first-order valence-electron chi connectivity index (χ1n) is 8.95. The Morgan fingerprint density at radius 2 is 1.67 bits per heavy atom. The standard InChI is InChI=1S/C19H29N3O2/c1-4-6-16-7-9-17(10-8-16)18(23)21-11-5-12-22(14-13-21)19(24)20-15(2)3/h7-10,15H,4-6,11-14H2,1-3H3,(H,20,24). The summed E-state index contributed by atoms with van der Waals surface area (Å²) in [5, 5.41) is 2.92. The van der Waals surface area contributed by atoms with Crippen LogP contribution >= 0.6 is 0 Å². The molecule has 1 aliphatic heterocycles. The maximum absolute atomic E-state index is 12.7. The van der Waals surface area contributed by atoms with Crippen LogP contribution in [0.3, 0.4) is 0 Å². The summed E-state index contributed by atoms with van der Waals surface area (Å²) in [6.45, 7) is 8.61. The van der Waals surface area contributed by atoms with Crippen molar-refractivity contribution in [2.75, 3.05) is 26.2 Å². The lowest BCUT2D eigenvalue weighted by Crippen LogP contribution is -2.44. The zero-order valence-electron chi connectivity index (χ0n) is 15.0. The molecule has 24 heavy (non-hydrogen) atoms. The van der Waals surface area contributed by atoms with Crippen molar-refractivity contribution in [2.24, 2.45) is 0 Å². The fourth-order valence-electron chi connectivity index (χ4n) is 2.95. The van der Waals surface area contributed by atoms with E-state index in [-0.39, 0.29) is 18.0 Å². The number of amides is 3. The lowest BCUT2D eigenvalue weighted by Gasteiger charge is -2.23. The topological polar surface area (TPSA) is 52.7 Å². The molecule has 132 valence electrons. The molecule has 1 aromatic rings. The second kappa shape index (κ2) is 8.71. The molecule has 0 saturated carbocycles. The molecule has 0 atom stereocenters. The van der Waals surface area contributed by atoms with Crippen LogP contribution in [0.4, 0.5) is 4.79 Å². The fourth-order valence-corrected chi connectivity index (χ4v) is 2.95. The Hall–Kier alpha value is -2.04. The van der Waals surface area contributed by atoms with Gasteiger partial charge in [0.25, 0.3) is 5.91 Å². The highest BCUT2D eigenvalue weighted by molar-refractivity contribution is 5.94. The highest BCUT2D eigenvalue weighted by Crippen LogP contribution is 2.12. The SMILES string of the molecule is CCCc1ccc(C(=O)N2CCCN(C(=O)NC(C)C)CC2)cc1. The van der Waals surface area contributed by atoms with Crippen LogP contribution in [-0.4, -0.2) is 54.0 Å². The van der Waals surface area contributed by atoms with Gasteiger partial charge in [0.05, 0.1) is 0 Å². The normalized spacial score (nSPS) is 15.3. The molecular formula is C19H29N3O2. The van der Waals surface area contributed by atoms with Crippen molar-refractivity contribution in [3.8, 4) is 0 Å². The van der Waals surface area contributed by atoms with Gasteiger partial charge in [-0.3, -0.25) is 4.79 Å². The van der Waals surface area contributed by atoms with Gasteiger partial charge < -0.3 is 15.1 Å². The average molecular weight is 331 g/mol. The van der Waals surface area contributed by atoms with E-state index in [2.05, 4.69) is 12.2 Å². The number of urea groups is 1. The van der Waals surface area contributed by atoms with E-state index >= 15 is 0 Å². The van der Waals surface area contributed by atoms with Crippen molar-refractivity contribution in [1.29, 1.82) is 0 Å². The lowest BCUT2D eigenvalue weighted by molar-refractivity contribution is 0.0762. The molecule has 0 unspecified atom stereocenters. The van der Waals surface area contributed by atoms with E-state index in [1.165, 1.54) is 5.56 Å². The third kappa shape index (κ3) is 4.98. The molecule has 0 radical (unpaired) electrons. The molecule has 3 amide bonds. The van der Waals surface area contributed by atoms with Crippen LogP contribution in [0, 0.1) is 0 Å². The van der Waals surface area contributed by atoms with Gasteiger partial charge >= 0.3 is 6.03 Å². The second-order valence-corrected chi connectivity index (χ2v) is 6.68. The van der Waals surface area contributed by atoms with Crippen molar-refractivity contribution in [2.45, 2.75) is 46.1 Å². The van der Waals surface area contributed by atoms with Crippen molar-refractivity contribution in [3.63, 3.8) is 0 Å². The molecule has 0 aromatic heterocycles. The number of aryl methyl sites for hydroxylation is 1. The molecule has 5 heteroatoms. The van der Waals surface area contributed by atoms with Gasteiger partial charge in [-0.2, -0.15) is 0 Å². The molecule has 0 aliphatic carbocycles. The van der Waals surface area contributed by atoms with E-state index in [0.717, 1.165) is 24.8 Å². The Labute approximate surface area is 145 Å². The summed E-state index contributed by atoms with van der Waals surface area (Å²) in [7, 11) is 0. The molecule has 1 aromatic carbocycles. The number of carbonyl (C=O) groups excluding carboxylic acids is 2. The minimum atomic E-state index is -0.0387. The third-order valence-electron chi connectivity index (χ3n) is 4.22. The Morgan fingerprint density at radius 3 is 2.29 bits per heavy atom. The summed E-state index contributed by atoms with van der Waals surface area (Å²) in [5.41, 5.74) is 2.00. The monoisotopic (exact) mass is 331 g/mol. The first-order chi connectivity index (χ1) is 11.5. The maximum Gasteiger partial charge on any atom is 0.317 e. The quantitative estimate of drug-likeness (QED) is 0.922. The number of hydrogen-bond donors (Lipinski definition) is 1. The molecular weight excluding hydrogens is 302 g/mol. The molecule has 1 aliphatic rings. The highest BCUT2D eigenvalue weighted by atomic mass is 16.2. The Kier molecular flexibility index (Phi) is 6.64. The molecule has 1 heterocycles. The molecule has 1 saturated heterocycles. The maximum atomic E-state index is 12.7. The van der Waals surface area contributed by atoms with E-state index in [4.69, 9.17) is 0 Å². The number of nitrogens with one attached hydrogen (secondary N) is 1. The van der Waals surface area contributed by atoms with E-state index in [9.17, 15) is 9.59 Å². The van der Waals surface area contributed by atoms with Crippen LogP contribution in [0.15, 0.2) is 24.3 Å². The minimum Gasteiger partial charge on any atom is -0.337 e. The zero-order chi connectivity index (χ0) is 17.5. The van der Waals surface area contributed by atoms with E-state index in [0.29, 0.717) is 26.2 Å². The highest BCUT2D eigenvalue weighted by Gasteiger charge is 2.23. The first kappa shape index (κ1) is 18.3. The molecule has 2 rings (SSSR count). The second-order valence-electron chi connectivity index (χ2n) is 6.68. The predicted molar refractivity (Wildman–Crippen MR) is 96.2 cm³/mol. The summed E-state index contributed by atoms with van der Waals surface area (Å²) in [5.74, 6) is 0.0594. The molecule has 0 bridgehead atoms. The van der Waals surface area contributed by atoms with E-state index in [1.54, 1.807) is 4.90 Å². The third-order valence-corrected chi connectivity index (χ3v) is 4.22. The average Bonchev–Trinajstić information content (AvgIpc) is 2.81. The number of rotatable bonds is 4. The number of nitrogens with zero attached hydrogens (tertiary/aromatic N) is 2. The molecule has 0 spiro atoms. The van der Waals surface area contributed by atoms with Crippen molar-refractivity contribution in [1.82, 2.24) is 15.1 Å². The van der Waals surface area contributed by atoms with Gasteiger partial charge in [0.2, 0.25) is 0 Å². The molecule has 1 N–H and O–H groups in total.